The van der Waals surface area contributed by atoms with Crippen LogP contribution in [0.15, 0.2) is 54.6 Å². The van der Waals surface area contributed by atoms with E-state index < -0.39 is 17.5 Å². The second-order valence-electron chi connectivity index (χ2n) is 6.53. The molecule has 0 aliphatic heterocycles. The molecule has 4 aromatic rings. The topological polar surface area (TPSA) is 39.3 Å². The zero-order valence-corrected chi connectivity index (χ0v) is 15.2. The van der Waals surface area contributed by atoms with Crippen molar-refractivity contribution in [2.24, 2.45) is 7.05 Å². The van der Waals surface area contributed by atoms with E-state index in [0.29, 0.717) is 16.9 Å². The molecular weight excluding hydrogens is 367 g/mol. The maximum absolute atomic E-state index is 13.2. The average molecular weight is 383 g/mol. The Balaban J connectivity index is 1.81. The summed E-state index contributed by atoms with van der Waals surface area (Å²) in [6, 6.07) is 12.8. The van der Waals surface area contributed by atoms with E-state index in [1.165, 1.54) is 30.4 Å². The summed E-state index contributed by atoms with van der Waals surface area (Å²) >= 11 is 0. The number of carbonyl (C=O) groups excluding carboxylic acids is 1. The molecule has 0 amide bonds. The van der Waals surface area contributed by atoms with Gasteiger partial charge in [0.2, 0.25) is 0 Å². The molecule has 0 bridgehead atoms. The highest BCUT2D eigenvalue weighted by atomic mass is 19.4. The van der Waals surface area contributed by atoms with Crippen LogP contribution in [0.3, 0.4) is 0 Å². The van der Waals surface area contributed by atoms with Crippen LogP contribution in [-0.2, 0) is 13.2 Å². The van der Waals surface area contributed by atoms with Gasteiger partial charge in [0.1, 0.15) is 5.65 Å². The van der Waals surface area contributed by atoms with E-state index in [2.05, 4.69) is 5.10 Å². The van der Waals surface area contributed by atoms with E-state index in [9.17, 15) is 18.0 Å². The molecule has 0 spiro atoms. The number of imidazole rings is 1. The molecule has 0 unspecified atom stereocenters. The molecule has 0 radical (unpaired) electrons. The van der Waals surface area contributed by atoms with E-state index in [-0.39, 0.29) is 5.56 Å². The minimum Gasteiger partial charge on any atom is -0.327 e. The number of aryl methyl sites for hydroxylation is 2. The molecule has 142 valence electrons. The predicted molar refractivity (Wildman–Crippen MR) is 101 cm³/mol. The van der Waals surface area contributed by atoms with Gasteiger partial charge in [0.15, 0.2) is 5.78 Å². The third kappa shape index (κ3) is 2.79. The average Bonchev–Trinajstić information content (AvgIpc) is 3.14. The quantitative estimate of drug-likeness (QED) is 0.367. The Morgan fingerprint density at radius 2 is 1.68 bits per heavy atom. The first-order chi connectivity index (χ1) is 13.3. The first kappa shape index (κ1) is 18.0. The molecule has 7 heteroatoms. The number of hydrogen-bond donors (Lipinski definition) is 0. The van der Waals surface area contributed by atoms with E-state index in [4.69, 9.17) is 0 Å². The fraction of sp³-hybridized carbons (Fsp3) is 0.143. The van der Waals surface area contributed by atoms with Crippen LogP contribution in [0.5, 0.6) is 0 Å². The maximum atomic E-state index is 13.2. The summed E-state index contributed by atoms with van der Waals surface area (Å²) in [7, 11) is 1.83. The van der Waals surface area contributed by atoms with Gasteiger partial charge in [0, 0.05) is 7.05 Å². The van der Waals surface area contributed by atoms with Gasteiger partial charge < -0.3 is 4.57 Å². The number of nitrogens with zero attached hydrogens (tertiary/aromatic N) is 3. The number of alkyl halides is 3. The highest BCUT2D eigenvalue weighted by molar-refractivity contribution is 6.12. The number of ketones is 1. The molecule has 0 N–H and O–H groups in total. The normalized spacial score (nSPS) is 12.5. The van der Waals surface area contributed by atoms with Crippen LogP contribution in [0.4, 0.5) is 13.2 Å². The van der Waals surface area contributed by atoms with Crippen LogP contribution < -0.4 is 0 Å². The third-order valence-electron chi connectivity index (χ3n) is 4.75. The van der Waals surface area contributed by atoms with Gasteiger partial charge in [-0.1, -0.05) is 36.4 Å². The van der Waals surface area contributed by atoms with Crippen molar-refractivity contribution < 1.29 is 18.0 Å². The second-order valence-corrected chi connectivity index (χ2v) is 6.53. The lowest BCUT2D eigenvalue weighted by Gasteiger charge is -2.09. The molecule has 2 aromatic heterocycles. The van der Waals surface area contributed by atoms with Gasteiger partial charge in [-0.3, -0.25) is 4.79 Å². The summed E-state index contributed by atoms with van der Waals surface area (Å²) in [5, 5.41) is 4.46. The SMILES string of the molecule is Cc1nn2c3ccccc3n(C)c2c1C(=O)C=Cc1ccccc1C(F)(F)F. The fourth-order valence-corrected chi connectivity index (χ4v) is 3.47. The highest BCUT2D eigenvalue weighted by Crippen LogP contribution is 2.32. The van der Waals surface area contributed by atoms with Gasteiger partial charge >= 0.3 is 6.18 Å². The molecule has 2 aromatic carbocycles. The number of aromatic nitrogens is 3. The lowest BCUT2D eigenvalue weighted by atomic mass is 10.0. The number of rotatable bonds is 3. The first-order valence-corrected chi connectivity index (χ1v) is 8.60. The standard InChI is InChI=1S/C21H16F3N3O/c1-13-19(20-26(2)16-9-5-6-10-17(16)27(20)25-13)18(28)12-11-14-7-3-4-8-15(14)21(22,23)24/h3-12H,1-2H3. The zero-order chi connectivity index (χ0) is 20.1. The van der Waals surface area contributed by atoms with Crippen molar-refractivity contribution in [1.29, 1.82) is 0 Å². The zero-order valence-electron chi connectivity index (χ0n) is 15.2. The highest BCUT2D eigenvalue weighted by Gasteiger charge is 2.32. The largest absolute Gasteiger partial charge is 0.416 e. The van der Waals surface area contributed by atoms with Crippen molar-refractivity contribution in [3.05, 3.63) is 77.0 Å². The number of halogens is 3. The minimum atomic E-state index is -4.49. The van der Waals surface area contributed by atoms with Gasteiger partial charge in [0.05, 0.1) is 27.9 Å². The second kappa shape index (κ2) is 6.37. The molecule has 0 fully saturated rings. The molecule has 0 saturated heterocycles. The van der Waals surface area contributed by atoms with E-state index in [0.717, 1.165) is 17.1 Å². The number of fused-ring (bicyclic) bond motifs is 3. The first-order valence-electron chi connectivity index (χ1n) is 8.60. The van der Waals surface area contributed by atoms with Crippen molar-refractivity contribution >= 4 is 28.5 Å². The Morgan fingerprint density at radius 1 is 1.04 bits per heavy atom. The van der Waals surface area contributed by atoms with E-state index in [1.807, 2.05) is 35.9 Å². The van der Waals surface area contributed by atoms with Gasteiger partial charge in [-0.15, -0.1) is 0 Å². The van der Waals surface area contributed by atoms with Crippen LogP contribution in [0.2, 0.25) is 0 Å². The van der Waals surface area contributed by atoms with Gasteiger partial charge in [-0.25, -0.2) is 4.52 Å². The molecule has 0 aliphatic rings. The van der Waals surface area contributed by atoms with Gasteiger partial charge in [0.25, 0.3) is 0 Å². The van der Waals surface area contributed by atoms with Crippen LogP contribution >= 0.6 is 0 Å². The third-order valence-corrected chi connectivity index (χ3v) is 4.75. The summed E-state index contributed by atoms with van der Waals surface area (Å²) in [5.41, 5.74) is 2.44. The van der Waals surface area contributed by atoms with Crippen molar-refractivity contribution in [3.8, 4) is 0 Å². The predicted octanol–water partition coefficient (Wildman–Crippen LogP) is 5.05. The smallest absolute Gasteiger partial charge is 0.327 e. The molecule has 4 rings (SSSR count). The Labute approximate surface area is 158 Å². The van der Waals surface area contributed by atoms with E-state index in [1.54, 1.807) is 11.4 Å². The number of hydrogen-bond acceptors (Lipinski definition) is 2. The van der Waals surface area contributed by atoms with Crippen LogP contribution in [0.25, 0.3) is 22.8 Å². The van der Waals surface area contributed by atoms with E-state index >= 15 is 0 Å². The Morgan fingerprint density at radius 3 is 2.39 bits per heavy atom. The lowest BCUT2D eigenvalue weighted by molar-refractivity contribution is -0.137. The molecule has 0 atom stereocenters. The number of carbonyl (C=O) groups is 1. The molecule has 0 aliphatic carbocycles. The molecule has 0 saturated carbocycles. The number of para-hydroxylation sites is 2. The van der Waals surface area contributed by atoms with Crippen LogP contribution in [0.1, 0.15) is 27.2 Å². The number of benzene rings is 2. The minimum absolute atomic E-state index is 0.0542. The van der Waals surface area contributed by atoms with Crippen molar-refractivity contribution in [1.82, 2.24) is 14.2 Å². The fourth-order valence-electron chi connectivity index (χ4n) is 3.47. The maximum Gasteiger partial charge on any atom is 0.416 e. The summed E-state index contributed by atoms with van der Waals surface area (Å²) in [5.74, 6) is -0.393. The van der Waals surface area contributed by atoms with Crippen LogP contribution in [-0.4, -0.2) is 20.0 Å². The molecule has 2 heterocycles. The molecular formula is C21H16F3N3O. The summed E-state index contributed by atoms with van der Waals surface area (Å²) in [6.45, 7) is 1.71. The molecule has 4 nitrogen and oxygen atoms in total. The lowest BCUT2D eigenvalue weighted by Crippen LogP contribution is -2.07. The Hall–Kier alpha value is -3.35. The van der Waals surface area contributed by atoms with Crippen molar-refractivity contribution in [2.45, 2.75) is 13.1 Å². The molecule has 28 heavy (non-hydrogen) atoms. The Bertz CT molecular complexity index is 1250. The van der Waals surface area contributed by atoms with Gasteiger partial charge in [-0.05, 0) is 36.8 Å². The van der Waals surface area contributed by atoms with Gasteiger partial charge in [-0.2, -0.15) is 18.3 Å². The van der Waals surface area contributed by atoms with Crippen molar-refractivity contribution in [3.63, 3.8) is 0 Å². The van der Waals surface area contributed by atoms with Crippen LogP contribution in [0, 0.1) is 6.92 Å². The van der Waals surface area contributed by atoms with Crippen molar-refractivity contribution in [2.75, 3.05) is 0 Å². The number of allylic oxidation sites excluding steroid dienone is 1. The summed E-state index contributed by atoms with van der Waals surface area (Å²) in [6.07, 6.45) is -2.11. The summed E-state index contributed by atoms with van der Waals surface area (Å²) in [4.78, 5) is 12.9. The summed E-state index contributed by atoms with van der Waals surface area (Å²) < 4.78 is 43.0. The Kier molecular flexibility index (Phi) is 4.10. The monoisotopic (exact) mass is 383 g/mol.